The van der Waals surface area contributed by atoms with Crippen molar-refractivity contribution in [2.24, 2.45) is 0 Å². The van der Waals surface area contributed by atoms with Gasteiger partial charge in [0.1, 0.15) is 12.3 Å². The van der Waals surface area contributed by atoms with Gasteiger partial charge in [-0.05, 0) is 20.0 Å². The number of ether oxygens (including phenoxy) is 1. The van der Waals surface area contributed by atoms with E-state index in [1.165, 1.54) is 12.1 Å². The first kappa shape index (κ1) is 14.5. The second kappa shape index (κ2) is 5.23. The molecule has 0 amide bonds. The quantitative estimate of drug-likeness (QED) is 0.804. The van der Waals surface area contributed by atoms with Gasteiger partial charge in [0.2, 0.25) is 0 Å². The summed E-state index contributed by atoms with van der Waals surface area (Å²) in [5, 5.41) is 0.393. The van der Waals surface area contributed by atoms with Crippen LogP contribution in [0.4, 0.5) is 10.1 Å². The Morgan fingerprint density at radius 2 is 2.00 bits per heavy atom. The Bertz CT molecular complexity index is 825. The largest absolute Gasteiger partial charge is 0.487 e. The fourth-order valence-corrected chi connectivity index (χ4v) is 3.48. The summed E-state index contributed by atoms with van der Waals surface area (Å²) in [6.45, 7) is 5.79. The minimum absolute atomic E-state index is 0.122. The summed E-state index contributed by atoms with van der Waals surface area (Å²) in [4.78, 5) is 16.4. The van der Waals surface area contributed by atoms with Crippen LogP contribution < -0.4 is 15.1 Å². The van der Waals surface area contributed by atoms with Gasteiger partial charge < -0.3 is 19.1 Å². The number of piperazine rings is 1. The molecule has 4 rings (SSSR count). The molecule has 6 heteroatoms. The van der Waals surface area contributed by atoms with E-state index in [9.17, 15) is 9.18 Å². The predicted octanol–water partition coefficient (Wildman–Crippen LogP) is 1.85. The van der Waals surface area contributed by atoms with Crippen LogP contribution in [0.2, 0.25) is 0 Å². The van der Waals surface area contributed by atoms with Crippen molar-refractivity contribution in [3.63, 3.8) is 0 Å². The van der Waals surface area contributed by atoms with Gasteiger partial charge in [-0.1, -0.05) is 0 Å². The van der Waals surface area contributed by atoms with E-state index in [-0.39, 0.29) is 17.3 Å². The molecule has 2 aliphatic heterocycles. The van der Waals surface area contributed by atoms with Gasteiger partial charge in [-0.3, -0.25) is 4.79 Å². The molecule has 0 spiro atoms. The first-order chi connectivity index (χ1) is 11.1. The zero-order valence-electron chi connectivity index (χ0n) is 13.4. The molecule has 0 aliphatic carbocycles. The number of aromatic nitrogens is 1. The maximum absolute atomic E-state index is 14.8. The lowest BCUT2D eigenvalue weighted by Gasteiger charge is -2.36. The zero-order chi connectivity index (χ0) is 16.1. The van der Waals surface area contributed by atoms with Crippen LogP contribution in [0.25, 0.3) is 10.9 Å². The minimum atomic E-state index is -0.374. The van der Waals surface area contributed by atoms with E-state index in [0.29, 0.717) is 28.9 Å². The van der Waals surface area contributed by atoms with E-state index in [2.05, 4.69) is 11.9 Å². The van der Waals surface area contributed by atoms with Crippen molar-refractivity contribution in [3.8, 4) is 5.75 Å². The number of nitrogens with zero attached hydrogens (tertiary/aromatic N) is 3. The van der Waals surface area contributed by atoms with E-state index in [0.717, 1.165) is 26.2 Å². The molecular formula is C17H20FN3O2. The Hall–Kier alpha value is -2.08. The Morgan fingerprint density at radius 1 is 1.26 bits per heavy atom. The van der Waals surface area contributed by atoms with Crippen LogP contribution in [0.1, 0.15) is 13.0 Å². The standard InChI is InChI=1S/C17H20FN3O2/c1-11-10-23-17-15-12(14(22)3-4-21(11)15)9-13(18)16(17)20-7-5-19(2)6-8-20/h3-4,9,11H,5-8,10H2,1-2H3. The Labute approximate surface area is 133 Å². The van der Waals surface area contributed by atoms with Crippen LogP contribution in [-0.4, -0.2) is 49.3 Å². The number of hydrogen-bond donors (Lipinski definition) is 0. The molecule has 1 unspecified atom stereocenters. The van der Waals surface area contributed by atoms with Gasteiger partial charge in [0.15, 0.2) is 17.0 Å². The highest BCUT2D eigenvalue weighted by atomic mass is 19.1. The molecule has 5 nitrogen and oxygen atoms in total. The van der Waals surface area contributed by atoms with Gasteiger partial charge in [-0.2, -0.15) is 0 Å². The molecule has 1 aromatic carbocycles. The topological polar surface area (TPSA) is 37.7 Å². The van der Waals surface area contributed by atoms with E-state index in [1.807, 2.05) is 16.4 Å². The first-order valence-electron chi connectivity index (χ1n) is 8.00. The van der Waals surface area contributed by atoms with Crippen molar-refractivity contribution in [2.75, 3.05) is 44.7 Å². The third-order valence-corrected chi connectivity index (χ3v) is 4.86. The van der Waals surface area contributed by atoms with Crippen LogP contribution in [0.5, 0.6) is 5.75 Å². The number of halogens is 1. The van der Waals surface area contributed by atoms with Gasteiger partial charge in [0.25, 0.3) is 0 Å². The van der Waals surface area contributed by atoms with Gasteiger partial charge in [-0.15, -0.1) is 0 Å². The Balaban J connectivity index is 1.96. The first-order valence-corrected chi connectivity index (χ1v) is 8.00. The fourth-order valence-electron chi connectivity index (χ4n) is 3.48. The summed E-state index contributed by atoms with van der Waals surface area (Å²) in [5.74, 6) is 0.141. The van der Waals surface area contributed by atoms with E-state index < -0.39 is 0 Å². The van der Waals surface area contributed by atoms with E-state index >= 15 is 0 Å². The van der Waals surface area contributed by atoms with Crippen molar-refractivity contribution < 1.29 is 9.13 Å². The zero-order valence-corrected chi connectivity index (χ0v) is 13.4. The second-order valence-corrected chi connectivity index (χ2v) is 6.47. The molecule has 0 radical (unpaired) electrons. The molecule has 1 atom stereocenters. The molecule has 1 aromatic heterocycles. The van der Waals surface area contributed by atoms with Crippen molar-refractivity contribution in [1.29, 1.82) is 0 Å². The second-order valence-electron chi connectivity index (χ2n) is 6.47. The van der Waals surface area contributed by atoms with Gasteiger partial charge in [-0.25, -0.2) is 4.39 Å². The highest BCUT2D eigenvalue weighted by Gasteiger charge is 2.29. The number of hydrogen-bond acceptors (Lipinski definition) is 4. The van der Waals surface area contributed by atoms with Crippen molar-refractivity contribution in [2.45, 2.75) is 13.0 Å². The van der Waals surface area contributed by atoms with E-state index in [4.69, 9.17) is 4.74 Å². The highest BCUT2D eigenvalue weighted by Crippen LogP contribution is 2.41. The smallest absolute Gasteiger partial charge is 0.189 e. The van der Waals surface area contributed by atoms with Crippen molar-refractivity contribution in [3.05, 3.63) is 34.4 Å². The molecular weight excluding hydrogens is 297 g/mol. The lowest BCUT2D eigenvalue weighted by Crippen LogP contribution is -2.45. The summed E-state index contributed by atoms with van der Waals surface area (Å²) in [7, 11) is 2.06. The predicted molar refractivity (Wildman–Crippen MR) is 88.1 cm³/mol. The summed E-state index contributed by atoms with van der Waals surface area (Å²) in [5.41, 5.74) is 1.04. The van der Waals surface area contributed by atoms with Crippen LogP contribution in [-0.2, 0) is 0 Å². The summed E-state index contributed by atoms with van der Waals surface area (Å²) >= 11 is 0. The number of anilines is 1. The molecule has 2 aromatic rings. The lowest BCUT2D eigenvalue weighted by atomic mass is 10.1. The van der Waals surface area contributed by atoms with Crippen LogP contribution in [0, 0.1) is 5.82 Å². The monoisotopic (exact) mass is 317 g/mol. The molecule has 1 saturated heterocycles. The fraction of sp³-hybridized carbons (Fsp3) is 0.471. The summed E-state index contributed by atoms with van der Waals surface area (Å²) < 4.78 is 22.7. The van der Waals surface area contributed by atoms with E-state index in [1.54, 1.807) is 6.20 Å². The normalized spacial score (nSPS) is 21.5. The summed E-state index contributed by atoms with van der Waals surface area (Å²) in [6, 6.07) is 2.99. The van der Waals surface area contributed by atoms with Gasteiger partial charge >= 0.3 is 0 Å². The molecule has 122 valence electrons. The van der Waals surface area contributed by atoms with Crippen molar-refractivity contribution >= 4 is 16.6 Å². The molecule has 0 N–H and O–H groups in total. The maximum Gasteiger partial charge on any atom is 0.189 e. The SMILES string of the molecule is CC1COc2c(N3CCN(C)CC3)c(F)cc3c(=O)ccn1c23. The number of rotatable bonds is 1. The molecule has 2 aliphatic rings. The maximum atomic E-state index is 14.8. The lowest BCUT2D eigenvalue weighted by molar-refractivity contribution is 0.245. The number of benzene rings is 1. The Kier molecular flexibility index (Phi) is 3.30. The van der Waals surface area contributed by atoms with Gasteiger partial charge in [0, 0.05) is 38.4 Å². The van der Waals surface area contributed by atoms with Crippen LogP contribution in [0.15, 0.2) is 23.1 Å². The summed E-state index contributed by atoms with van der Waals surface area (Å²) in [6.07, 6.45) is 1.78. The molecule has 0 saturated carbocycles. The van der Waals surface area contributed by atoms with Crippen LogP contribution in [0.3, 0.4) is 0 Å². The van der Waals surface area contributed by atoms with Gasteiger partial charge in [0.05, 0.1) is 16.9 Å². The third kappa shape index (κ3) is 2.20. The Morgan fingerprint density at radius 3 is 2.74 bits per heavy atom. The highest BCUT2D eigenvalue weighted by molar-refractivity contribution is 5.92. The third-order valence-electron chi connectivity index (χ3n) is 4.86. The molecule has 23 heavy (non-hydrogen) atoms. The number of likely N-dealkylation sites (N-methyl/N-ethyl adjacent to an activating group) is 1. The molecule has 0 bridgehead atoms. The minimum Gasteiger partial charge on any atom is -0.487 e. The average Bonchev–Trinajstić information content (AvgIpc) is 2.54. The van der Waals surface area contributed by atoms with Crippen molar-refractivity contribution in [1.82, 2.24) is 9.47 Å². The van der Waals surface area contributed by atoms with Crippen LogP contribution >= 0.6 is 0 Å². The average molecular weight is 317 g/mol. The number of pyridine rings is 1. The molecule has 3 heterocycles. The molecule has 1 fully saturated rings.